The summed E-state index contributed by atoms with van der Waals surface area (Å²) in [6, 6.07) is 20.0. The van der Waals surface area contributed by atoms with Gasteiger partial charge < -0.3 is 24.3 Å². The number of methoxy groups -OCH3 is 2. The summed E-state index contributed by atoms with van der Waals surface area (Å²) in [7, 11) is 3.15. The van der Waals surface area contributed by atoms with Crippen LogP contribution in [0.5, 0.6) is 11.5 Å². The van der Waals surface area contributed by atoms with Gasteiger partial charge in [0.25, 0.3) is 5.69 Å². The van der Waals surface area contributed by atoms with Crippen molar-refractivity contribution in [3.63, 3.8) is 0 Å². The van der Waals surface area contributed by atoms with Gasteiger partial charge in [0, 0.05) is 35.4 Å². The fraction of sp³-hybridized carbons (Fsp3) is 0.214. The predicted octanol–water partition coefficient (Wildman–Crippen LogP) is 5.59. The Hall–Kier alpha value is -4.44. The molecule has 0 saturated carbocycles. The zero-order valence-electron chi connectivity index (χ0n) is 21.4. The van der Waals surface area contributed by atoms with E-state index >= 15 is 0 Å². The molecule has 38 heavy (non-hydrogen) atoms. The van der Waals surface area contributed by atoms with Gasteiger partial charge in [-0.3, -0.25) is 15.1 Å². The van der Waals surface area contributed by atoms with Crippen molar-refractivity contribution < 1.29 is 14.4 Å². The minimum absolute atomic E-state index is 0.0296. The molecule has 1 N–H and O–H groups in total. The third kappa shape index (κ3) is 4.32. The number of benzene rings is 2. The molecule has 2 unspecified atom stereocenters. The third-order valence-corrected chi connectivity index (χ3v) is 7.15. The summed E-state index contributed by atoms with van der Waals surface area (Å²) < 4.78 is 13.1. The van der Waals surface area contributed by atoms with Crippen molar-refractivity contribution in [3.05, 3.63) is 106 Å². The van der Waals surface area contributed by atoms with Crippen LogP contribution in [0.25, 0.3) is 5.69 Å². The number of hydrogen-bond donors (Lipinski definition) is 1. The lowest BCUT2D eigenvalue weighted by atomic mass is 9.96. The highest BCUT2D eigenvalue weighted by atomic mass is 32.1. The van der Waals surface area contributed by atoms with Crippen molar-refractivity contribution in [3.8, 4) is 17.2 Å². The van der Waals surface area contributed by atoms with Crippen LogP contribution in [0.15, 0.2) is 72.9 Å². The molecule has 5 rings (SSSR count). The number of nitro benzene ring substituents is 1. The molecule has 2 aromatic heterocycles. The van der Waals surface area contributed by atoms with Crippen molar-refractivity contribution in [2.24, 2.45) is 0 Å². The Morgan fingerprint density at radius 3 is 2.53 bits per heavy atom. The normalized spacial score (nSPS) is 16.8. The third-order valence-electron chi connectivity index (χ3n) is 6.83. The van der Waals surface area contributed by atoms with Crippen LogP contribution in [0.4, 0.5) is 11.4 Å². The summed E-state index contributed by atoms with van der Waals surface area (Å²) in [5.74, 6) is 1.14. The molecule has 9 nitrogen and oxygen atoms in total. The fourth-order valence-electron chi connectivity index (χ4n) is 5.13. The van der Waals surface area contributed by atoms with E-state index in [0.29, 0.717) is 10.9 Å². The molecule has 1 fully saturated rings. The van der Waals surface area contributed by atoms with Crippen molar-refractivity contribution >= 4 is 28.7 Å². The van der Waals surface area contributed by atoms with Crippen molar-refractivity contribution in [1.29, 1.82) is 0 Å². The average Bonchev–Trinajstić information content (AvgIpc) is 3.43. The number of ether oxygens (including phenoxy) is 2. The van der Waals surface area contributed by atoms with Crippen LogP contribution < -0.4 is 19.7 Å². The minimum Gasteiger partial charge on any atom is -0.497 e. The molecule has 194 valence electrons. The van der Waals surface area contributed by atoms with Crippen LogP contribution in [0.1, 0.15) is 34.7 Å². The zero-order chi connectivity index (χ0) is 27.0. The molecule has 0 amide bonds. The molecule has 0 aliphatic carbocycles. The Kier molecular flexibility index (Phi) is 6.73. The zero-order valence-corrected chi connectivity index (χ0v) is 22.2. The highest BCUT2D eigenvalue weighted by Gasteiger charge is 2.42. The van der Waals surface area contributed by atoms with Gasteiger partial charge in [-0.05, 0) is 68.0 Å². The first-order valence-corrected chi connectivity index (χ1v) is 12.4. The molecule has 1 aliphatic heterocycles. The molecule has 0 bridgehead atoms. The lowest BCUT2D eigenvalue weighted by Crippen LogP contribution is -2.29. The summed E-state index contributed by atoms with van der Waals surface area (Å²) in [5.41, 5.74) is 5.39. The minimum atomic E-state index is -0.429. The van der Waals surface area contributed by atoms with Gasteiger partial charge in [-0.15, -0.1) is 0 Å². The number of anilines is 1. The summed E-state index contributed by atoms with van der Waals surface area (Å²) in [6.07, 6.45) is 1.77. The van der Waals surface area contributed by atoms with E-state index in [1.54, 1.807) is 19.4 Å². The van der Waals surface area contributed by atoms with E-state index in [1.165, 1.54) is 19.2 Å². The predicted molar refractivity (Wildman–Crippen MR) is 149 cm³/mol. The maximum Gasteiger partial charge on any atom is 0.273 e. The van der Waals surface area contributed by atoms with E-state index in [4.69, 9.17) is 21.7 Å². The lowest BCUT2D eigenvalue weighted by molar-refractivity contribution is -0.384. The van der Waals surface area contributed by atoms with Gasteiger partial charge in [0.15, 0.2) is 5.11 Å². The van der Waals surface area contributed by atoms with Crippen molar-refractivity contribution in [2.45, 2.75) is 25.9 Å². The lowest BCUT2D eigenvalue weighted by Gasteiger charge is -2.28. The van der Waals surface area contributed by atoms with Gasteiger partial charge in [0.05, 0.1) is 48.7 Å². The second-order valence-electron chi connectivity index (χ2n) is 8.97. The number of nitrogens with zero attached hydrogens (tertiary/aromatic N) is 4. The topological polar surface area (TPSA) is 94.7 Å². The average molecular weight is 530 g/mol. The molecule has 2 aromatic carbocycles. The monoisotopic (exact) mass is 529 g/mol. The molecule has 3 heterocycles. The van der Waals surface area contributed by atoms with Crippen LogP contribution in [0.3, 0.4) is 0 Å². The SMILES string of the molecule is COc1cccc(N2C(=S)NC(c3ccccn3)C2c2cc(C)n(-c3ccc([N+](=O)[O-])cc3OC)c2C)c1. The first-order chi connectivity index (χ1) is 18.3. The highest BCUT2D eigenvalue weighted by Crippen LogP contribution is 2.44. The van der Waals surface area contributed by atoms with Gasteiger partial charge in [-0.25, -0.2) is 0 Å². The molecule has 1 aliphatic rings. The Morgan fingerprint density at radius 1 is 1.03 bits per heavy atom. The van der Waals surface area contributed by atoms with Gasteiger partial charge in [-0.2, -0.15) is 0 Å². The van der Waals surface area contributed by atoms with Crippen LogP contribution in [-0.2, 0) is 0 Å². The van der Waals surface area contributed by atoms with Crippen LogP contribution >= 0.6 is 12.2 Å². The van der Waals surface area contributed by atoms with Crippen LogP contribution in [0.2, 0.25) is 0 Å². The molecule has 2 atom stereocenters. The van der Waals surface area contributed by atoms with Gasteiger partial charge in [0.1, 0.15) is 11.5 Å². The molecule has 4 aromatic rings. The van der Waals surface area contributed by atoms with Gasteiger partial charge in [0.2, 0.25) is 0 Å². The highest BCUT2D eigenvalue weighted by molar-refractivity contribution is 7.80. The Balaban J connectivity index is 1.69. The number of nitrogens with one attached hydrogen (secondary N) is 1. The number of non-ortho nitro benzene ring substituents is 1. The summed E-state index contributed by atoms with van der Waals surface area (Å²) >= 11 is 5.87. The molecule has 0 spiro atoms. The summed E-state index contributed by atoms with van der Waals surface area (Å²) in [6.45, 7) is 4.04. The van der Waals surface area contributed by atoms with Crippen molar-refractivity contribution in [1.82, 2.24) is 14.9 Å². The van der Waals surface area contributed by atoms with Crippen LogP contribution in [-0.4, -0.2) is 33.8 Å². The van der Waals surface area contributed by atoms with E-state index in [9.17, 15) is 10.1 Å². The number of rotatable bonds is 7. The number of thiocarbonyl (C=S) groups is 1. The van der Waals surface area contributed by atoms with Gasteiger partial charge in [-0.1, -0.05) is 12.1 Å². The Labute approximate surface area is 225 Å². The molecule has 0 radical (unpaired) electrons. The number of pyridine rings is 1. The largest absolute Gasteiger partial charge is 0.497 e. The summed E-state index contributed by atoms with van der Waals surface area (Å²) in [4.78, 5) is 17.7. The smallest absolute Gasteiger partial charge is 0.273 e. The van der Waals surface area contributed by atoms with Crippen LogP contribution in [0, 0.1) is 24.0 Å². The van der Waals surface area contributed by atoms with E-state index in [-0.39, 0.29) is 17.8 Å². The van der Waals surface area contributed by atoms with Gasteiger partial charge >= 0.3 is 0 Å². The standard InChI is InChI=1S/C28H27N5O4S/c1-17-14-22(18(2)31(17)24-12-11-20(33(34)35)16-25(24)37-4)27-26(23-10-5-6-13-29-23)30-28(38)32(27)19-8-7-9-21(15-19)36-3/h5-16,26-27H,1-4H3,(H,30,38). The van der Waals surface area contributed by atoms with Crippen molar-refractivity contribution in [2.75, 3.05) is 19.1 Å². The molecule has 1 saturated heterocycles. The number of aryl methyl sites for hydroxylation is 1. The second-order valence-corrected chi connectivity index (χ2v) is 9.36. The second kappa shape index (κ2) is 10.1. The first-order valence-electron chi connectivity index (χ1n) is 12.0. The molecular formula is C28H27N5O4S. The Morgan fingerprint density at radius 2 is 1.84 bits per heavy atom. The van der Waals surface area contributed by atoms with E-state index < -0.39 is 4.92 Å². The van der Waals surface area contributed by atoms with E-state index in [1.807, 2.05) is 56.3 Å². The quantitative estimate of drug-likeness (QED) is 0.188. The maximum atomic E-state index is 11.4. The first kappa shape index (κ1) is 25.2. The number of hydrogen-bond acceptors (Lipinski definition) is 6. The number of aromatic nitrogens is 2. The van der Waals surface area contributed by atoms with E-state index in [2.05, 4.69) is 25.8 Å². The maximum absolute atomic E-state index is 11.4. The fourth-order valence-corrected chi connectivity index (χ4v) is 5.48. The Bertz CT molecular complexity index is 1520. The summed E-state index contributed by atoms with van der Waals surface area (Å²) in [5, 5.41) is 15.4. The molecular weight excluding hydrogens is 502 g/mol. The molecule has 10 heteroatoms. The number of nitro groups is 1. The van der Waals surface area contributed by atoms with E-state index in [0.717, 1.165) is 39.8 Å².